The van der Waals surface area contributed by atoms with E-state index in [0.29, 0.717) is 16.3 Å². The van der Waals surface area contributed by atoms with Gasteiger partial charge in [0.1, 0.15) is 17.1 Å². The van der Waals surface area contributed by atoms with Crippen LogP contribution in [0.4, 0.5) is 0 Å². The summed E-state index contributed by atoms with van der Waals surface area (Å²) in [6, 6.07) is 6.29. The van der Waals surface area contributed by atoms with E-state index in [0.717, 1.165) is 0 Å². The van der Waals surface area contributed by atoms with Crippen molar-refractivity contribution in [2.45, 2.75) is 12.8 Å². The third-order valence-corrected chi connectivity index (χ3v) is 4.56. The molecule has 2 N–H and O–H groups in total. The van der Waals surface area contributed by atoms with E-state index in [9.17, 15) is 9.59 Å². The average Bonchev–Trinajstić information content (AvgIpc) is 2.55. The summed E-state index contributed by atoms with van der Waals surface area (Å²) < 4.78 is 15.4. The molecule has 6 nitrogen and oxygen atoms in total. The van der Waals surface area contributed by atoms with Crippen LogP contribution in [0.3, 0.4) is 0 Å². The Labute approximate surface area is 152 Å². The molecule has 0 spiro atoms. The minimum absolute atomic E-state index is 0.00968. The lowest BCUT2D eigenvalue weighted by Crippen LogP contribution is -2.30. The molecule has 1 aromatic carbocycles. The molecule has 1 atom stereocenters. The standard InChI is InChI=1S/C17H13Cl2NO5/c1-7-5-11-13(17(22)24-7)12(8-3-4-9(18)10(19)6-8)14(15(20)25-11)16(21)23-2/h3-6,12H,20H2,1-2H3/t12-/m0/s1. The number of nitrogens with two attached hydrogens (primary N) is 1. The van der Waals surface area contributed by atoms with Crippen LogP contribution in [-0.2, 0) is 9.53 Å². The van der Waals surface area contributed by atoms with Gasteiger partial charge in [0, 0.05) is 6.07 Å². The van der Waals surface area contributed by atoms with Crippen molar-refractivity contribution in [3.05, 3.63) is 73.1 Å². The van der Waals surface area contributed by atoms with Gasteiger partial charge in [0.2, 0.25) is 5.88 Å². The topological polar surface area (TPSA) is 91.8 Å². The number of fused-ring (bicyclic) bond motifs is 1. The molecule has 0 aliphatic carbocycles. The number of halogens is 2. The van der Waals surface area contributed by atoms with Gasteiger partial charge in [0.05, 0.1) is 28.6 Å². The van der Waals surface area contributed by atoms with Gasteiger partial charge in [0.25, 0.3) is 0 Å². The predicted molar refractivity (Wildman–Crippen MR) is 91.9 cm³/mol. The SMILES string of the molecule is COC(=O)C1=C(N)Oc2cc(C)oc(=O)c2[C@@H]1c1ccc(Cl)c(Cl)c1. The van der Waals surface area contributed by atoms with E-state index in [1.54, 1.807) is 25.1 Å². The van der Waals surface area contributed by atoms with E-state index < -0.39 is 17.5 Å². The highest BCUT2D eigenvalue weighted by Gasteiger charge is 2.38. The van der Waals surface area contributed by atoms with Crippen LogP contribution >= 0.6 is 23.2 Å². The summed E-state index contributed by atoms with van der Waals surface area (Å²) in [7, 11) is 1.21. The first kappa shape index (κ1) is 17.4. The molecule has 0 fully saturated rings. The molecule has 2 aromatic rings. The van der Waals surface area contributed by atoms with Crippen LogP contribution < -0.4 is 16.1 Å². The van der Waals surface area contributed by atoms with Crippen molar-refractivity contribution in [2.24, 2.45) is 5.73 Å². The van der Waals surface area contributed by atoms with Crippen molar-refractivity contribution in [3.8, 4) is 5.75 Å². The van der Waals surface area contributed by atoms with Crippen LogP contribution in [0.1, 0.15) is 22.8 Å². The lowest BCUT2D eigenvalue weighted by atomic mass is 9.84. The number of benzene rings is 1. The Morgan fingerprint density at radius 1 is 1.24 bits per heavy atom. The molecule has 0 saturated carbocycles. The van der Waals surface area contributed by atoms with E-state index in [1.807, 2.05) is 0 Å². The normalized spacial score (nSPS) is 16.2. The number of methoxy groups -OCH3 is 1. The highest BCUT2D eigenvalue weighted by atomic mass is 35.5. The molecule has 1 aromatic heterocycles. The highest BCUT2D eigenvalue weighted by molar-refractivity contribution is 6.42. The summed E-state index contributed by atoms with van der Waals surface area (Å²) in [5, 5.41) is 0.608. The zero-order valence-corrected chi connectivity index (χ0v) is 14.8. The van der Waals surface area contributed by atoms with Crippen LogP contribution in [0.15, 0.2) is 44.9 Å². The highest BCUT2D eigenvalue weighted by Crippen LogP contribution is 2.42. The van der Waals surface area contributed by atoms with Gasteiger partial charge in [-0.05, 0) is 24.6 Å². The number of hydrogen-bond donors (Lipinski definition) is 1. The van der Waals surface area contributed by atoms with Gasteiger partial charge in [-0.15, -0.1) is 0 Å². The van der Waals surface area contributed by atoms with Crippen molar-refractivity contribution in [1.29, 1.82) is 0 Å². The first-order chi connectivity index (χ1) is 11.8. The Hall–Kier alpha value is -2.44. The summed E-state index contributed by atoms with van der Waals surface area (Å²) in [5.41, 5.74) is 5.95. The second kappa shape index (κ2) is 6.46. The number of aryl methyl sites for hydroxylation is 1. The van der Waals surface area contributed by atoms with E-state index >= 15 is 0 Å². The molecular weight excluding hydrogens is 369 g/mol. The van der Waals surface area contributed by atoms with E-state index in [1.165, 1.54) is 13.2 Å². The number of esters is 1. The summed E-state index contributed by atoms with van der Waals surface area (Å²) in [4.78, 5) is 24.7. The fourth-order valence-corrected chi connectivity index (χ4v) is 3.06. The molecule has 8 heteroatoms. The Bertz CT molecular complexity index is 964. The third kappa shape index (κ3) is 2.99. The van der Waals surface area contributed by atoms with Gasteiger partial charge >= 0.3 is 11.6 Å². The van der Waals surface area contributed by atoms with Crippen LogP contribution in [0.2, 0.25) is 10.0 Å². The van der Waals surface area contributed by atoms with Gasteiger partial charge in [0.15, 0.2) is 0 Å². The molecule has 1 aliphatic heterocycles. The van der Waals surface area contributed by atoms with Crippen LogP contribution in [-0.4, -0.2) is 13.1 Å². The molecule has 2 heterocycles. The Balaban J connectivity index is 2.32. The average molecular weight is 382 g/mol. The second-order valence-electron chi connectivity index (χ2n) is 5.40. The molecule has 0 bridgehead atoms. The van der Waals surface area contributed by atoms with Crippen LogP contribution in [0, 0.1) is 6.92 Å². The zero-order chi connectivity index (χ0) is 18.3. The van der Waals surface area contributed by atoms with Crippen molar-refractivity contribution in [1.82, 2.24) is 0 Å². The third-order valence-electron chi connectivity index (χ3n) is 3.82. The quantitative estimate of drug-likeness (QED) is 0.803. The number of rotatable bonds is 2. The molecule has 25 heavy (non-hydrogen) atoms. The molecular formula is C17H13Cl2NO5. The van der Waals surface area contributed by atoms with Gasteiger partial charge in [-0.2, -0.15) is 0 Å². The summed E-state index contributed by atoms with van der Waals surface area (Å²) in [5.74, 6) is -1.16. The monoisotopic (exact) mass is 381 g/mol. The van der Waals surface area contributed by atoms with Crippen molar-refractivity contribution in [3.63, 3.8) is 0 Å². The fraction of sp³-hybridized carbons (Fsp3) is 0.176. The van der Waals surface area contributed by atoms with Gasteiger partial charge < -0.3 is 19.6 Å². The maximum Gasteiger partial charge on any atom is 0.343 e. The molecule has 0 amide bonds. The van der Waals surface area contributed by atoms with E-state index in [-0.39, 0.29) is 27.8 Å². The number of carbonyl (C=O) groups is 1. The van der Waals surface area contributed by atoms with E-state index in [2.05, 4.69) is 0 Å². The summed E-state index contributed by atoms with van der Waals surface area (Å²) in [6.45, 7) is 1.61. The predicted octanol–water partition coefficient (Wildman–Crippen LogP) is 3.12. The molecule has 0 unspecified atom stereocenters. The summed E-state index contributed by atoms with van der Waals surface area (Å²) >= 11 is 12.1. The smallest absolute Gasteiger partial charge is 0.343 e. The first-order valence-corrected chi connectivity index (χ1v) is 7.94. The van der Waals surface area contributed by atoms with Crippen molar-refractivity contribution >= 4 is 29.2 Å². The molecule has 3 rings (SSSR count). The molecule has 0 radical (unpaired) electrons. The van der Waals surface area contributed by atoms with Crippen LogP contribution in [0.25, 0.3) is 0 Å². The Morgan fingerprint density at radius 3 is 2.60 bits per heavy atom. The van der Waals surface area contributed by atoms with Gasteiger partial charge in [-0.3, -0.25) is 0 Å². The number of carbonyl (C=O) groups excluding carboxylic acids is 1. The van der Waals surface area contributed by atoms with Gasteiger partial charge in [-0.25, -0.2) is 9.59 Å². The lowest BCUT2D eigenvalue weighted by molar-refractivity contribution is -0.136. The Kier molecular flexibility index (Phi) is 4.49. The van der Waals surface area contributed by atoms with E-state index in [4.69, 9.17) is 42.8 Å². The minimum atomic E-state index is -0.859. The largest absolute Gasteiger partial charge is 0.465 e. The number of hydrogen-bond acceptors (Lipinski definition) is 6. The van der Waals surface area contributed by atoms with Crippen molar-refractivity contribution < 1.29 is 18.7 Å². The maximum absolute atomic E-state index is 12.5. The Morgan fingerprint density at radius 2 is 1.96 bits per heavy atom. The fourth-order valence-electron chi connectivity index (χ4n) is 2.75. The van der Waals surface area contributed by atoms with Crippen molar-refractivity contribution in [2.75, 3.05) is 7.11 Å². The molecule has 1 aliphatic rings. The lowest BCUT2D eigenvalue weighted by Gasteiger charge is -2.27. The molecule has 130 valence electrons. The zero-order valence-electron chi connectivity index (χ0n) is 13.3. The van der Waals surface area contributed by atoms with Gasteiger partial charge in [-0.1, -0.05) is 29.3 Å². The second-order valence-corrected chi connectivity index (χ2v) is 6.21. The van der Waals surface area contributed by atoms with Crippen LogP contribution in [0.5, 0.6) is 5.75 Å². The summed E-state index contributed by atoms with van der Waals surface area (Å²) in [6.07, 6.45) is 0. The number of ether oxygens (including phenoxy) is 2. The maximum atomic E-state index is 12.5. The first-order valence-electron chi connectivity index (χ1n) is 7.19. The minimum Gasteiger partial charge on any atom is -0.465 e. The molecule has 0 saturated heterocycles.